The molecule has 1 unspecified atom stereocenters. The fourth-order valence-corrected chi connectivity index (χ4v) is 4.17. The maximum atomic E-state index is 15.1. The fraction of sp³-hybridized carbons (Fsp3) is 0.278. The first kappa shape index (κ1) is 20.3. The number of halogens is 2. The Bertz CT molecular complexity index is 1120. The van der Waals surface area contributed by atoms with E-state index in [1.54, 1.807) is 13.0 Å². The Morgan fingerprint density at radius 1 is 1.36 bits per heavy atom. The minimum Gasteiger partial charge on any atom is -0.372 e. The van der Waals surface area contributed by atoms with Gasteiger partial charge in [0.25, 0.3) is 0 Å². The number of nitrogens with zero attached hydrogens (tertiary/aromatic N) is 1. The number of hydrogen-bond donors (Lipinski definition) is 2. The van der Waals surface area contributed by atoms with Crippen molar-refractivity contribution in [2.75, 3.05) is 17.6 Å². The molecule has 0 saturated heterocycles. The number of anilines is 1. The number of fused-ring (bicyclic) bond motifs is 1. The average Bonchev–Trinajstić information content (AvgIpc) is 3.03. The van der Waals surface area contributed by atoms with Gasteiger partial charge in [0.15, 0.2) is 5.82 Å². The van der Waals surface area contributed by atoms with Crippen molar-refractivity contribution in [1.82, 2.24) is 9.97 Å². The summed E-state index contributed by atoms with van der Waals surface area (Å²) in [5, 5.41) is 0.544. The number of sulfonamides is 1. The molecule has 3 aromatic rings. The van der Waals surface area contributed by atoms with E-state index in [4.69, 9.17) is 12.6 Å². The van der Waals surface area contributed by atoms with Gasteiger partial charge in [0, 0.05) is 30.5 Å². The lowest BCUT2D eigenvalue weighted by atomic mass is 9.94. The maximum Gasteiger partial charge on any atom is 0.232 e. The van der Waals surface area contributed by atoms with Gasteiger partial charge in [-0.15, -0.1) is 0 Å². The molecule has 0 aliphatic carbocycles. The topological polar surface area (TPSA) is 84.1 Å². The molecule has 0 bridgehead atoms. The highest BCUT2D eigenvalue weighted by Crippen LogP contribution is 2.36. The molecule has 1 atom stereocenters. The number of benzene rings is 1. The molecular weight excluding hydrogens is 387 g/mol. The largest absolute Gasteiger partial charge is 0.372 e. The van der Waals surface area contributed by atoms with Crippen LogP contribution in [-0.4, -0.2) is 39.1 Å². The van der Waals surface area contributed by atoms with Crippen LogP contribution in [0.3, 0.4) is 0 Å². The highest BCUT2D eigenvalue weighted by Gasteiger charge is 2.27. The zero-order valence-electron chi connectivity index (χ0n) is 15.3. The molecule has 6 nitrogen and oxygen atoms in total. The number of rotatable bonds is 7. The molecule has 3 rings (SSSR count). The monoisotopic (exact) mass is 405 g/mol. The van der Waals surface area contributed by atoms with Crippen LogP contribution in [0.1, 0.15) is 30.6 Å². The van der Waals surface area contributed by atoms with Gasteiger partial charge in [0.2, 0.25) is 10.0 Å². The Labute approximate surface area is 162 Å². The number of methoxy groups -OCH3 is 1. The Balaban J connectivity index is 2.12. The van der Waals surface area contributed by atoms with Crippen molar-refractivity contribution in [3.63, 3.8) is 0 Å². The number of pyridine rings is 1. The van der Waals surface area contributed by atoms with Gasteiger partial charge in [-0.2, -0.15) is 0 Å². The van der Waals surface area contributed by atoms with Crippen molar-refractivity contribution >= 4 is 40.1 Å². The molecule has 2 N–H and O–H groups in total. The van der Waals surface area contributed by atoms with Crippen molar-refractivity contribution < 1.29 is 21.9 Å². The number of H-pyrrole nitrogens is 1. The van der Waals surface area contributed by atoms with Crippen LogP contribution in [0.15, 0.2) is 30.6 Å². The molecule has 0 saturated carbocycles. The van der Waals surface area contributed by atoms with E-state index in [0.717, 1.165) is 12.1 Å². The number of ether oxygens (including phenoxy) is 1. The summed E-state index contributed by atoms with van der Waals surface area (Å²) in [5.41, 5.74) is 0.521. The predicted octanol–water partition coefficient (Wildman–Crippen LogP) is 2.52. The van der Waals surface area contributed by atoms with Crippen LogP contribution < -0.4 is 10.2 Å². The van der Waals surface area contributed by atoms with Crippen molar-refractivity contribution in [1.29, 1.82) is 0 Å². The molecule has 10 heteroatoms. The molecule has 0 spiro atoms. The second-order valence-corrected chi connectivity index (χ2v) is 8.11. The van der Waals surface area contributed by atoms with Crippen LogP contribution in [0, 0.1) is 11.6 Å². The summed E-state index contributed by atoms with van der Waals surface area (Å²) in [4.78, 5) is 7.03. The molecular formula is C18H18BF2N3O3S. The molecule has 1 aromatic carbocycles. The Morgan fingerprint density at radius 3 is 2.79 bits per heavy atom. The van der Waals surface area contributed by atoms with E-state index in [9.17, 15) is 12.8 Å². The van der Waals surface area contributed by atoms with Crippen LogP contribution in [0.5, 0.6) is 0 Å². The maximum absolute atomic E-state index is 15.1. The van der Waals surface area contributed by atoms with Crippen LogP contribution in [0.25, 0.3) is 11.0 Å². The third-order valence-electron chi connectivity index (χ3n) is 4.23. The third kappa shape index (κ3) is 3.88. The van der Waals surface area contributed by atoms with Gasteiger partial charge in [-0.05, 0) is 18.6 Å². The van der Waals surface area contributed by atoms with E-state index in [1.165, 1.54) is 19.5 Å². The van der Waals surface area contributed by atoms with E-state index in [-0.39, 0.29) is 11.4 Å². The van der Waals surface area contributed by atoms with Gasteiger partial charge >= 0.3 is 0 Å². The van der Waals surface area contributed by atoms with Gasteiger partial charge in [-0.1, -0.05) is 18.5 Å². The lowest BCUT2D eigenvalue weighted by molar-refractivity contribution is 0.130. The molecule has 0 fully saturated rings. The van der Waals surface area contributed by atoms with E-state index >= 15 is 4.39 Å². The highest BCUT2D eigenvalue weighted by atomic mass is 32.2. The fourth-order valence-electron chi connectivity index (χ4n) is 3.03. The first-order valence-electron chi connectivity index (χ1n) is 8.51. The Kier molecular flexibility index (Phi) is 5.71. The summed E-state index contributed by atoms with van der Waals surface area (Å²) in [6, 6.07) is 3.66. The zero-order valence-corrected chi connectivity index (χ0v) is 16.1. The minimum absolute atomic E-state index is 0.180. The van der Waals surface area contributed by atoms with Gasteiger partial charge in [0.1, 0.15) is 25.4 Å². The van der Waals surface area contributed by atoms with Crippen LogP contribution >= 0.6 is 0 Å². The van der Waals surface area contributed by atoms with E-state index in [1.807, 2.05) is 0 Å². The first-order chi connectivity index (χ1) is 13.3. The number of nitrogens with one attached hydrogen (secondary N) is 2. The van der Waals surface area contributed by atoms with E-state index in [2.05, 4.69) is 14.7 Å². The van der Waals surface area contributed by atoms with E-state index < -0.39 is 33.3 Å². The van der Waals surface area contributed by atoms with Crippen molar-refractivity contribution in [3.8, 4) is 0 Å². The lowest BCUT2D eigenvalue weighted by Crippen LogP contribution is -2.18. The zero-order chi connectivity index (χ0) is 20.5. The molecule has 0 aliphatic rings. The summed E-state index contributed by atoms with van der Waals surface area (Å²) >= 11 is 0. The third-order valence-corrected chi connectivity index (χ3v) is 5.71. The normalized spacial score (nSPS) is 13.0. The van der Waals surface area contributed by atoms with Gasteiger partial charge < -0.3 is 9.72 Å². The van der Waals surface area contributed by atoms with Crippen molar-refractivity contribution in [2.45, 2.75) is 19.4 Å². The molecule has 146 valence electrons. The number of aromatic amines is 1. The lowest BCUT2D eigenvalue weighted by Gasteiger charge is -2.19. The molecule has 2 heterocycles. The summed E-state index contributed by atoms with van der Waals surface area (Å²) in [7, 11) is 3.32. The van der Waals surface area contributed by atoms with E-state index in [0.29, 0.717) is 28.5 Å². The minimum atomic E-state index is -3.75. The second-order valence-electron chi connectivity index (χ2n) is 6.27. The summed E-state index contributed by atoms with van der Waals surface area (Å²) in [5.74, 6) is -2.09. The summed E-state index contributed by atoms with van der Waals surface area (Å²) in [6.07, 6.45) is 2.19. The molecule has 2 radical (unpaired) electrons. The summed E-state index contributed by atoms with van der Waals surface area (Å²) in [6.45, 7) is 1.68. The van der Waals surface area contributed by atoms with Gasteiger partial charge in [0.05, 0.1) is 17.0 Å². The highest BCUT2D eigenvalue weighted by molar-refractivity contribution is 7.92. The Morgan fingerprint density at radius 2 is 2.11 bits per heavy atom. The van der Waals surface area contributed by atoms with Crippen molar-refractivity contribution in [2.24, 2.45) is 0 Å². The smallest absolute Gasteiger partial charge is 0.232 e. The molecule has 0 aliphatic heterocycles. The molecule has 0 amide bonds. The molecule has 28 heavy (non-hydrogen) atoms. The van der Waals surface area contributed by atoms with Crippen LogP contribution in [0.4, 0.5) is 14.5 Å². The first-order valence-corrected chi connectivity index (χ1v) is 10.2. The SMILES string of the molecule is [B]c1cnc2[nH]cc(C(OC)c3c(F)ccc(NS(=O)(=O)CCC)c3F)c2c1. The summed E-state index contributed by atoms with van der Waals surface area (Å²) < 4.78 is 61.2. The Hall–Kier alpha value is -2.46. The van der Waals surface area contributed by atoms with Gasteiger partial charge in [-0.25, -0.2) is 22.2 Å². The van der Waals surface area contributed by atoms with Gasteiger partial charge in [-0.3, -0.25) is 4.72 Å². The second kappa shape index (κ2) is 7.88. The number of hydrogen-bond acceptors (Lipinski definition) is 4. The average molecular weight is 405 g/mol. The standard InChI is InChI=1S/C18H18BF2N3O3S/c1-3-6-28(25,26)24-14-5-4-13(20)15(16(14)21)17(27-2)12-9-23-18-11(12)7-10(19)8-22-18/h4-5,7-9,17,24H,3,6H2,1-2H3,(H,22,23). The van der Waals surface area contributed by atoms with Crippen molar-refractivity contribution in [3.05, 3.63) is 53.4 Å². The number of aromatic nitrogens is 2. The van der Waals surface area contributed by atoms with Crippen LogP contribution in [0.2, 0.25) is 0 Å². The molecule has 2 aromatic heterocycles. The van der Waals surface area contributed by atoms with Crippen LogP contribution in [-0.2, 0) is 14.8 Å². The predicted molar refractivity (Wildman–Crippen MR) is 104 cm³/mol. The quantitative estimate of drug-likeness (QED) is 0.592.